The molecule has 4 rings (SSSR count). The SMILES string of the molecule is C/C=C\CC1CCC(C2CCC(C(F)(F)Oc3ccc(-c4ccc(OC=C(F)F)c(F)c4)c(F)c3)CC2)CC1. The lowest BCUT2D eigenvalue weighted by molar-refractivity contribution is -0.224. The van der Waals surface area contributed by atoms with E-state index in [2.05, 4.69) is 16.9 Å². The highest BCUT2D eigenvalue weighted by Gasteiger charge is 2.45. The van der Waals surface area contributed by atoms with Gasteiger partial charge < -0.3 is 9.47 Å². The lowest BCUT2D eigenvalue weighted by Gasteiger charge is -2.39. The van der Waals surface area contributed by atoms with Crippen molar-refractivity contribution in [3.05, 3.63) is 72.5 Å². The lowest BCUT2D eigenvalue weighted by atomic mass is 9.68. The number of alkyl halides is 2. The second-order valence-electron chi connectivity index (χ2n) is 10.7. The summed E-state index contributed by atoms with van der Waals surface area (Å²) in [6, 6.07) is 6.57. The normalized spacial score (nSPS) is 24.0. The smallest absolute Gasteiger partial charge is 0.400 e. The van der Waals surface area contributed by atoms with Crippen LogP contribution in [-0.4, -0.2) is 6.11 Å². The maximum absolute atomic E-state index is 15.0. The topological polar surface area (TPSA) is 18.5 Å². The minimum Gasteiger partial charge on any atom is -0.456 e. The molecular weight excluding hydrogens is 518 g/mol. The number of benzene rings is 2. The summed E-state index contributed by atoms with van der Waals surface area (Å²) in [6.07, 6.45) is 6.95. The van der Waals surface area contributed by atoms with Crippen molar-refractivity contribution >= 4 is 0 Å². The molecule has 0 amide bonds. The average Bonchev–Trinajstić information content (AvgIpc) is 2.91. The van der Waals surface area contributed by atoms with Gasteiger partial charge in [-0.3, -0.25) is 0 Å². The van der Waals surface area contributed by atoms with Gasteiger partial charge in [0.1, 0.15) is 11.6 Å². The fourth-order valence-corrected chi connectivity index (χ4v) is 6.06. The summed E-state index contributed by atoms with van der Waals surface area (Å²) in [7, 11) is 0. The van der Waals surface area contributed by atoms with Gasteiger partial charge >= 0.3 is 12.2 Å². The molecule has 2 aromatic rings. The number of allylic oxidation sites excluding steroid dienone is 2. The molecule has 8 heteroatoms. The zero-order chi connectivity index (χ0) is 28.0. The third-order valence-electron chi connectivity index (χ3n) is 8.22. The Morgan fingerprint density at radius 2 is 1.54 bits per heavy atom. The quantitative estimate of drug-likeness (QED) is 0.175. The highest BCUT2D eigenvalue weighted by Crippen LogP contribution is 2.46. The van der Waals surface area contributed by atoms with E-state index < -0.39 is 35.5 Å². The zero-order valence-corrected chi connectivity index (χ0v) is 22.0. The van der Waals surface area contributed by atoms with Crippen LogP contribution in [0.1, 0.15) is 64.7 Å². The molecule has 2 aliphatic carbocycles. The van der Waals surface area contributed by atoms with Gasteiger partial charge in [-0.15, -0.1) is 0 Å². The summed E-state index contributed by atoms with van der Waals surface area (Å²) in [5.41, 5.74) is 0.0406. The van der Waals surface area contributed by atoms with Crippen molar-refractivity contribution in [2.45, 2.75) is 70.8 Å². The van der Waals surface area contributed by atoms with Gasteiger partial charge in [0, 0.05) is 11.6 Å². The molecule has 0 unspecified atom stereocenters. The van der Waals surface area contributed by atoms with Crippen LogP contribution in [-0.2, 0) is 0 Å². The molecule has 2 aliphatic rings. The summed E-state index contributed by atoms with van der Waals surface area (Å²) < 4.78 is 92.9. The molecule has 2 aromatic carbocycles. The van der Waals surface area contributed by atoms with Gasteiger partial charge in [0.15, 0.2) is 17.8 Å². The maximum atomic E-state index is 15.0. The van der Waals surface area contributed by atoms with Gasteiger partial charge in [0.25, 0.3) is 0 Å². The summed E-state index contributed by atoms with van der Waals surface area (Å²) in [6.45, 7) is 2.04. The van der Waals surface area contributed by atoms with Crippen LogP contribution in [0.4, 0.5) is 26.3 Å². The standard InChI is InChI=1S/C31H34F6O2/c1-2-3-4-20-5-7-21(8-6-20)22-9-12-24(13-10-22)31(36,37)39-25-14-15-26(27(32)18-25)23-11-16-29(28(33)17-23)38-19-30(34)35/h2-3,11,14-22,24H,4-10,12-13H2,1H3/b3-2-. The molecule has 0 radical (unpaired) electrons. The first-order valence-electron chi connectivity index (χ1n) is 13.6. The number of ether oxygens (including phenoxy) is 2. The van der Waals surface area contributed by atoms with Crippen LogP contribution in [0.15, 0.2) is 60.9 Å². The fourth-order valence-electron chi connectivity index (χ4n) is 6.06. The summed E-state index contributed by atoms with van der Waals surface area (Å²) in [4.78, 5) is 0. The number of hydrogen-bond acceptors (Lipinski definition) is 2. The lowest BCUT2D eigenvalue weighted by Crippen LogP contribution is -2.38. The van der Waals surface area contributed by atoms with E-state index in [4.69, 9.17) is 4.74 Å². The maximum Gasteiger partial charge on any atom is 0.400 e. The van der Waals surface area contributed by atoms with E-state index in [0.29, 0.717) is 24.7 Å². The van der Waals surface area contributed by atoms with Gasteiger partial charge in [-0.05, 0) is 112 Å². The Morgan fingerprint density at radius 1 is 0.872 bits per heavy atom. The molecule has 0 spiro atoms. The van der Waals surface area contributed by atoms with E-state index in [1.807, 2.05) is 6.92 Å². The molecule has 0 N–H and O–H groups in total. The van der Waals surface area contributed by atoms with Gasteiger partial charge in [0.05, 0.1) is 5.92 Å². The average molecular weight is 553 g/mol. The Labute approximate surface area is 225 Å². The molecule has 2 nitrogen and oxygen atoms in total. The van der Waals surface area contributed by atoms with E-state index in [1.54, 1.807) is 0 Å². The van der Waals surface area contributed by atoms with Crippen LogP contribution < -0.4 is 9.47 Å². The third kappa shape index (κ3) is 7.61. The van der Waals surface area contributed by atoms with E-state index in [1.165, 1.54) is 43.9 Å². The summed E-state index contributed by atoms with van der Waals surface area (Å²) in [5, 5.41) is 0. The van der Waals surface area contributed by atoms with Crippen LogP contribution in [0.5, 0.6) is 11.5 Å². The van der Waals surface area contributed by atoms with Crippen molar-refractivity contribution in [1.29, 1.82) is 0 Å². The fraction of sp³-hybridized carbons (Fsp3) is 0.484. The first-order valence-corrected chi connectivity index (χ1v) is 13.6. The second kappa shape index (κ2) is 13.0. The number of rotatable bonds is 9. The molecule has 0 atom stereocenters. The van der Waals surface area contributed by atoms with Crippen molar-refractivity contribution in [1.82, 2.24) is 0 Å². The van der Waals surface area contributed by atoms with Crippen molar-refractivity contribution in [2.24, 2.45) is 23.7 Å². The van der Waals surface area contributed by atoms with Gasteiger partial charge in [-0.2, -0.15) is 17.6 Å². The second-order valence-corrected chi connectivity index (χ2v) is 10.7. The Balaban J connectivity index is 1.32. The van der Waals surface area contributed by atoms with Crippen molar-refractivity contribution in [3.63, 3.8) is 0 Å². The molecular formula is C31H34F6O2. The zero-order valence-electron chi connectivity index (χ0n) is 22.0. The van der Waals surface area contributed by atoms with Crippen molar-refractivity contribution < 1.29 is 35.8 Å². The molecule has 0 heterocycles. The van der Waals surface area contributed by atoms with E-state index in [0.717, 1.165) is 43.4 Å². The number of hydrogen-bond donors (Lipinski definition) is 0. The van der Waals surface area contributed by atoms with Crippen molar-refractivity contribution in [2.75, 3.05) is 0 Å². The van der Waals surface area contributed by atoms with E-state index >= 15 is 8.78 Å². The Hall–Kier alpha value is -2.90. The molecule has 0 saturated heterocycles. The van der Waals surface area contributed by atoms with Gasteiger partial charge in [0.2, 0.25) is 0 Å². The Morgan fingerprint density at radius 3 is 2.13 bits per heavy atom. The van der Waals surface area contributed by atoms with Gasteiger partial charge in [-0.1, -0.05) is 18.2 Å². The molecule has 0 aromatic heterocycles. The molecule has 0 aliphatic heterocycles. The first-order chi connectivity index (χ1) is 18.7. The minimum absolute atomic E-state index is 0.0516. The van der Waals surface area contributed by atoms with Gasteiger partial charge in [-0.25, -0.2) is 8.78 Å². The largest absolute Gasteiger partial charge is 0.456 e. The number of halogens is 6. The third-order valence-corrected chi connectivity index (χ3v) is 8.22. The van der Waals surface area contributed by atoms with Crippen LogP contribution in [0.25, 0.3) is 11.1 Å². The molecule has 2 saturated carbocycles. The predicted molar refractivity (Wildman–Crippen MR) is 139 cm³/mol. The van der Waals surface area contributed by atoms with Crippen molar-refractivity contribution in [3.8, 4) is 22.6 Å². The van der Waals surface area contributed by atoms with E-state index in [9.17, 15) is 17.6 Å². The van der Waals surface area contributed by atoms with Crippen LogP contribution in [0.2, 0.25) is 0 Å². The summed E-state index contributed by atoms with van der Waals surface area (Å²) in [5.74, 6) is -1.75. The highest BCUT2D eigenvalue weighted by atomic mass is 19.3. The van der Waals surface area contributed by atoms with E-state index in [-0.39, 0.29) is 23.1 Å². The molecule has 0 bridgehead atoms. The molecule has 212 valence electrons. The van der Waals surface area contributed by atoms with Crippen LogP contribution >= 0.6 is 0 Å². The summed E-state index contributed by atoms with van der Waals surface area (Å²) >= 11 is 0. The predicted octanol–water partition coefficient (Wildman–Crippen LogP) is 10.3. The monoisotopic (exact) mass is 552 g/mol. The highest BCUT2D eigenvalue weighted by molar-refractivity contribution is 5.66. The molecule has 2 fully saturated rings. The Bertz CT molecular complexity index is 1160. The Kier molecular flexibility index (Phi) is 9.67. The minimum atomic E-state index is -3.44. The first kappa shape index (κ1) is 29.1. The van der Waals surface area contributed by atoms with Crippen LogP contribution in [0.3, 0.4) is 0 Å². The molecule has 39 heavy (non-hydrogen) atoms. The van der Waals surface area contributed by atoms with Crippen LogP contribution in [0, 0.1) is 35.3 Å².